The van der Waals surface area contributed by atoms with Crippen molar-refractivity contribution in [3.8, 4) is 0 Å². The Bertz CT molecular complexity index is 1640. The second kappa shape index (κ2) is 12.2. The van der Waals surface area contributed by atoms with Crippen molar-refractivity contribution in [1.82, 2.24) is 9.79 Å². The number of carbonyl (C=O) groups excluding carboxylic acids is 1. The molecule has 4 N–H and O–H groups in total. The third-order valence-electron chi connectivity index (χ3n) is 7.06. The number of carboxylic acids is 1. The molecule has 0 radical (unpaired) electrons. The fourth-order valence-electron chi connectivity index (χ4n) is 5.10. The predicted octanol–water partition coefficient (Wildman–Crippen LogP) is 3.03. The summed E-state index contributed by atoms with van der Waals surface area (Å²) >= 11 is 0. The minimum Gasteiger partial charge on any atom is -0.481 e. The number of para-hydroxylation sites is 2. The van der Waals surface area contributed by atoms with E-state index in [0.29, 0.717) is 15.7 Å². The standard InChI is InChI=1S/C28H31N3O9S2/c1-20-13-15-21(16-14-20)42(39,40)31(18-6-12-26(32)33)27(34)28(29-35)22-8-2-4-10-24(22)30(17-7-19-41(36,37)38)25-11-5-3-9-23(25)28/h2-5,8-11,13-16,29,35H,6-7,12,17-19H2,1H3,(H,32,33)(H,36,37,38). The fraction of sp³-hybridized carbons (Fsp3) is 0.286. The Hall–Kier alpha value is -3.82. The summed E-state index contributed by atoms with van der Waals surface area (Å²) in [5, 5.41) is 20.0. The number of sulfonamides is 1. The number of benzene rings is 3. The molecule has 1 heterocycles. The first-order valence-electron chi connectivity index (χ1n) is 13.0. The number of hydroxylamine groups is 1. The van der Waals surface area contributed by atoms with Crippen molar-refractivity contribution in [3.05, 3.63) is 89.5 Å². The molecule has 1 aliphatic rings. The van der Waals surface area contributed by atoms with Crippen molar-refractivity contribution in [1.29, 1.82) is 0 Å². The van der Waals surface area contributed by atoms with E-state index in [0.717, 1.165) is 5.56 Å². The quantitative estimate of drug-likeness (QED) is 0.173. The van der Waals surface area contributed by atoms with Gasteiger partial charge in [-0.05, 0) is 44.0 Å². The van der Waals surface area contributed by atoms with E-state index in [1.807, 2.05) is 0 Å². The van der Waals surface area contributed by atoms with Crippen LogP contribution in [0.1, 0.15) is 36.0 Å². The molecule has 14 heteroatoms. The topological polar surface area (TPSA) is 182 Å². The Kier molecular flexibility index (Phi) is 9.03. The maximum atomic E-state index is 14.6. The van der Waals surface area contributed by atoms with E-state index in [1.165, 1.54) is 24.3 Å². The molecule has 0 saturated heterocycles. The third kappa shape index (κ3) is 6.03. The number of amides is 1. The van der Waals surface area contributed by atoms with Gasteiger partial charge in [-0.2, -0.15) is 13.9 Å². The summed E-state index contributed by atoms with van der Waals surface area (Å²) in [6, 6.07) is 18.7. The van der Waals surface area contributed by atoms with Crippen LogP contribution in [0.25, 0.3) is 0 Å². The van der Waals surface area contributed by atoms with Crippen LogP contribution in [0.2, 0.25) is 0 Å². The summed E-state index contributed by atoms with van der Waals surface area (Å²) in [6.45, 7) is 1.40. The van der Waals surface area contributed by atoms with Gasteiger partial charge in [0, 0.05) is 42.0 Å². The van der Waals surface area contributed by atoms with Crippen molar-refractivity contribution in [2.75, 3.05) is 23.7 Å². The smallest absolute Gasteiger partial charge is 0.303 e. The Morgan fingerprint density at radius 2 is 1.43 bits per heavy atom. The fourth-order valence-corrected chi connectivity index (χ4v) is 7.05. The molecule has 0 saturated carbocycles. The number of aliphatic carboxylic acids is 1. The molecule has 3 aromatic rings. The van der Waals surface area contributed by atoms with E-state index < -0.39 is 56.3 Å². The molecule has 0 unspecified atom stereocenters. The summed E-state index contributed by atoms with van der Waals surface area (Å²) in [4.78, 5) is 27.5. The summed E-state index contributed by atoms with van der Waals surface area (Å²) in [7, 11) is -8.77. The van der Waals surface area contributed by atoms with Crippen LogP contribution in [0.3, 0.4) is 0 Å². The molecule has 0 atom stereocenters. The number of nitrogens with zero attached hydrogens (tertiary/aromatic N) is 2. The molecule has 0 spiro atoms. The normalized spacial score (nSPS) is 14.1. The maximum Gasteiger partial charge on any atom is 0.303 e. The van der Waals surface area contributed by atoms with Crippen LogP contribution in [-0.2, 0) is 35.3 Å². The molecular formula is C28H31N3O9S2. The highest BCUT2D eigenvalue weighted by molar-refractivity contribution is 7.89. The van der Waals surface area contributed by atoms with Crippen LogP contribution >= 0.6 is 0 Å². The zero-order valence-electron chi connectivity index (χ0n) is 22.7. The van der Waals surface area contributed by atoms with E-state index in [1.54, 1.807) is 60.4 Å². The molecule has 1 amide bonds. The summed E-state index contributed by atoms with van der Waals surface area (Å²) < 4.78 is 60.5. The minimum absolute atomic E-state index is 0.0259. The zero-order valence-corrected chi connectivity index (χ0v) is 24.3. The lowest BCUT2D eigenvalue weighted by Gasteiger charge is -2.45. The molecule has 3 aromatic carbocycles. The van der Waals surface area contributed by atoms with Crippen LogP contribution in [-0.4, -0.2) is 66.7 Å². The molecule has 224 valence electrons. The lowest BCUT2D eigenvalue weighted by atomic mass is 9.77. The minimum atomic E-state index is -4.53. The highest BCUT2D eigenvalue weighted by Crippen LogP contribution is 2.49. The van der Waals surface area contributed by atoms with Gasteiger partial charge < -0.3 is 15.2 Å². The molecule has 42 heavy (non-hydrogen) atoms. The average molecular weight is 618 g/mol. The second-order valence-corrected chi connectivity index (χ2v) is 13.3. The Morgan fingerprint density at radius 1 is 0.881 bits per heavy atom. The van der Waals surface area contributed by atoms with Gasteiger partial charge in [-0.15, -0.1) is 0 Å². The van der Waals surface area contributed by atoms with E-state index in [-0.39, 0.29) is 35.4 Å². The molecule has 0 aromatic heterocycles. The number of carbonyl (C=O) groups is 2. The average Bonchev–Trinajstić information content (AvgIpc) is 2.94. The summed E-state index contributed by atoms with van der Waals surface area (Å²) in [5.41, 5.74) is 1.90. The Labute approximate surface area is 244 Å². The number of hydrogen-bond donors (Lipinski definition) is 4. The number of aryl methyl sites for hydroxylation is 1. The monoisotopic (exact) mass is 617 g/mol. The van der Waals surface area contributed by atoms with Crippen molar-refractivity contribution in [3.63, 3.8) is 0 Å². The Balaban J connectivity index is 1.90. The zero-order chi connectivity index (χ0) is 30.7. The lowest BCUT2D eigenvalue weighted by molar-refractivity contribution is -0.139. The van der Waals surface area contributed by atoms with Gasteiger partial charge in [0.1, 0.15) is 0 Å². The molecule has 4 rings (SSSR count). The van der Waals surface area contributed by atoms with E-state index in [4.69, 9.17) is 0 Å². The second-order valence-electron chi connectivity index (χ2n) is 9.88. The van der Waals surface area contributed by atoms with Gasteiger partial charge in [0.25, 0.3) is 26.0 Å². The van der Waals surface area contributed by atoms with Gasteiger partial charge in [0.05, 0.1) is 10.6 Å². The first kappa shape index (κ1) is 31.1. The van der Waals surface area contributed by atoms with E-state index in [9.17, 15) is 41.3 Å². The third-order valence-corrected chi connectivity index (χ3v) is 9.66. The summed E-state index contributed by atoms with van der Waals surface area (Å²) in [6.07, 6.45) is -0.557. The van der Waals surface area contributed by atoms with Crippen LogP contribution in [0, 0.1) is 6.92 Å². The number of rotatable bonds is 12. The van der Waals surface area contributed by atoms with Crippen molar-refractivity contribution in [2.45, 2.75) is 36.6 Å². The van der Waals surface area contributed by atoms with Gasteiger partial charge in [-0.1, -0.05) is 54.1 Å². The lowest BCUT2D eigenvalue weighted by Crippen LogP contribution is -2.59. The van der Waals surface area contributed by atoms with E-state index in [2.05, 4.69) is 5.48 Å². The van der Waals surface area contributed by atoms with Crippen molar-refractivity contribution >= 4 is 43.4 Å². The summed E-state index contributed by atoms with van der Waals surface area (Å²) in [5.74, 6) is -2.74. The Morgan fingerprint density at radius 3 is 1.93 bits per heavy atom. The SMILES string of the molecule is Cc1ccc(S(=O)(=O)N(CCCC(=O)O)C(=O)C2(NO)c3ccccc3N(CCCS(=O)(=O)O)c3ccccc32)cc1. The van der Waals surface area contributed by atoms with E-state index >= 15 is 0 Å². The van der Waals surface area contributed by atoms with Crippen molar-refractivity contribution in [2.24, 2.45) is 0 Å². The molecule has 1 aliphatic heterocycles. The van der Waals surface area contributed by atoms with Gasteiger partial charge in [-0.3, -0.25) is 14.1 Å². The van der Waals surface area contributed by atoms with Gasteiger partial charge in [0.15, 0.2) is 5.54 Å². The van der Waals surface area contributed by atoms with Gasteiger partial charge in [-0.25, -0.2) is 12.7 Å². The molecule has 12 nitrogen and oxygen atoms in total. The van der Waals surface area contributed by atoms with Crippen LogP contribution in [0.15, 0.2) is 77.7 Å². The highest BCUT2D eigenvalue weighted by atomic mass is 32.2. The predicted molar refractivity (Wildman–Crippen MR) is 154 cm³/mol. The van der Waals surface area contributed by atoms with Crippen LogP contribution < -0.4 is 10.4 Å². The number of carboxylic acid groups (broad SMARTS) is 1. The largest absolute Gasteiger partial charge is 0.481 e. The molecule has 0 bridgehead atoms. The van der Waals surface area contributed by atoms with Crippen molar-refractivity contribution < 1.29 is 41.3 Å². The number of anilines is 2. The van der Waals surface area contributed by atoms with Gasteiger partial charge >= 0.3 is 5.97 Å². The first-order valence-corrected chi connectivity index (χ1v) is 16.1. The number of fused-ring (bicyclic) bond motifs is 2. The van der Waals surface area contributed by atoms with Crippen LogP contribution in [0.4, 0.5) is 11.4 Å². The first-order chi connectivity index (χ1) is 19.8. The highest BCUT2D eigenvalue weighted by Gasteiger charge is 2.53. The van der Waals surface area contributed by atoms with Gasteiger partial charge in [0.2, 0.25) is 0 Å². The number of hydrogen-bond acceptors (Lipinski definition) is 9. The molecular weight excluding hydrogens is 586 g/mol. The van der Waals surface area contributed by atoms with Crippen LogP contribution in [0.5, 0.6) is 0 Å². The molecule has 0 aliphatic carbocycles. The maximum absolute atomic E-state index is 14.6. The number of nitrogens with one attached hydrogen (secondary N) is 1. The molecule has 0 fully saturated rings.